The second-order valence-electron chi connectivity index (χ2n) is 9.22. The third-order valence-electron chi connectivity index (χ3n) is 7.29. The molecule has 2 unspecified atom stereocenters. The first-order valence-corrected chi connectivity index (χ1v) is 12.0. The van der Waals surface area contributed by atoms with Crippen molar-refractivity contribution in [2.24, 2.45) is 0 Å². The molecule has 6 rings (SSSR count). The van der Waals surface area contributed by atoms with E-state index in [1.54, 1.807) is 16.9 Å². The molecule has 4 aromatic rings. The fraction of sp³-hybridized carbons (Fsp3) is 0.241. The maximum Gasteiger partial charge on any atom is 0.246 e. The minimum Gasteiger partial charge on any atom is -0.496 e. The number of carbonyl (C=O) groups excluding carboxylic acids is 2. The van der Waals surface area contributed by atoms with Crippen molar-refractivity contribution < 1.29 is 14.3 Å². The highest BCUT2D eigenvalue weighted by Crippen LogP contribution is 2.44. The van der Waals surface area contributed by atoms with Gasteiger partial charge in [0.05, 0.1) is 13.7 Å². The maximum absolute atomic E-state index is 13.8. The summed E-state index contributed by atoms with van der Waals surface area (Å²) in [5.41, 5.74) is 5.11. The molecule has 6 nitrogen and oxygen atoms in total. The average Bonchev–Trinajstić information content (AvgIpc) is 3.28. The Kier molecular flexibility index (Phi) is 5.29. The lowest BCUT2D eigenvalue weighted by atomic mass is 9.86. The Morgan fingerprint density at radius 1 is 0.943 bits per heavy atom. The first-order valence-electron chi connectivity index (χ1n) is 12.0. The molecule has 2 aliphatic heterocycles. The SMILES string of the molecule is COc1ccccc1C1c2[nH]c3ccccc3c2CC2C(=O)N(CCc3ccccc3)CC(=O)N21. The molecule has 0 saturated carbocycles. The average molecular weight is 466 g/mol. The van der Waals surface area contributed by atoms with Gasteiger partial charge >= 0.3 is 0 Å². The molecule has 3 heterocycles. The molecule has 0 spiro atoms. The van der Waals surface area contributed by atoms with Crippen LogP contribution in [0, 0.1) is 0 Å². The maximum atomic E-state index is 13.8. The van der Waals surface area contributed by atoms with Crippen molar-refractivity contribution in [3.63, 3.8) is 0 Å². The molecule has 35 heavy (non-hydrogen) atoms. The van der Waals surface area contributed by atoms with Crippen LogP contribution < -0.4 is 4.74 Å². The first-order chi connectivity index (χ1) is 17.2. The standard InChI is InChI=1S/C29H27N3O3/c1-35-25-14-8-6-12-21(25)28-27-22(20-11-5-7-13-23(20)30-27)17-24-29(34)31(18-26(33)32(24)28)16-15-19-9-3-2-4-10-19/h2-14,24,28,30H,15-18H2,1H3. The Labute approximate surface area is 204 Å². The second kappa shape index (κ2) is 8.62. The zero-order chi connectivity index (χ0) is 23.9. The normalized spacial score (nSPS) is 19.6. The van der Waals surface area contributed by atoms with Crippen LogP contribution in [0.1, 0.15) is 28.4 Å². The van der Waals surface area contributed by atoms with Gasteiger partial charge in [-0.25, -0.2) is 0 Å². The van der Waals surface area contributed by atoms with E-state index in [2.05, 4.69) is 23.2 Å². The number of rotatable bonds is 5. The number of aromatic amines is 1. The Morgan fingerprint density at radius 3 is 2.51 bits per heavy atom. The molecule has 1 N–H and O–H groups in total. The molecule has 0 radical (unpaired) electrons. The number of piperazine rings is 1. The van der Waals surface area contributed by atoms with Crippen LogP contribution >= 0.6 is 0 Å². The fourth-order valence-corrected chi connectivity index (χ4v) is 5.64. The van der Waals surface area contributed by atoms with E-state index in [0.717, 1.165) is 39.7 Å². The highest BCUT2D eigenvalue weighted by molar-refractivity contribution is 5.97. The van der Waals surface area contributed by atoms with Crippen molar-refractivity contribution in [3.05, 3.63) is 101 Å². The van der Waals surface area contributed by atoms with E-state index in [4.69, 9.17) is 4.74 Å². The van der Waals surface area contributed by atoms with Crippen LogP contribution in [0.4, 0.5) is 0 Å². The quantitative estimate of drug-likeness (QED) is 0.483. The Balaban J connectivity index is 1.43. The van der Waals surface area contributed by atoms with Crippen molar-refractivity contribution in [2.75, 3.05) is 20.2 Å². The van der Waals surface area contributed by atoms with Gasteiger partial charge in [0.25, 0.3) is 0 Å². The summed E-state index contributed by atoms with van der Waals surface area (Å²) in [5, 5.41) is 1.10. The first kappa shape index (κ1) is 21.5. The summed E-state index contributed by atoms with van der Waals surface area (Å²) in [6.45, 7) is 0.613. The van der Waals surface area contributed by atoms with E-state index in [1.165, 1.54) is 0 Å². The highest BCUT2D eigenvalue weighted by Gasteiger charge is 2.48. The van der Waals surface area contributed by atoms with Gasteiger partial charge in [-0.15, -0.1) is 0 Å². The van der Waals surface area contributed by atoms with Crippen LogP contribution in [0.25, 0.3) is 10.9 Å². The van der Waals surface area contributed by atoms with E-state index < -0.39 is 12.1 Å². The van der Waals surface area contributed by atoms with E-state index in [1.807, 2.05) is 60.7 Å². The predicted molar refractivity (Wildman–Crippen MR) is 134 cm³/mol. The summed E-state index contributed by atoms with van der Waals surface area (Å²) < 4.78 is 5.69. The minimum absolute atomic E-state index is 0.0105. The zero-order valence-electron chi connectivity index (χ0n) is 19.6. The van der Waals surface area contributed by atoms with Crippen molar-refractivity contribution in [1.29, 1.82) is 0 Å². The number of ether oxygens (including phenoxy) is 1. The largest absolute Gasteiger partial charge is 0.496 e. The Bertz CT molecular complexity index is 1410. The van der Waals surface area contributed by atoms with Gasteiger partial charge < -0.3 is 19.5 Å². The number of carbonyl (C=O) groups is 2. The summed E-state index contributed by atoms with van der Waals surface area (Å²) in [4.78, 5) is 34.6. The molecule has 6 heteroatoms. The smallest absolute Gasteiger partial charge is 0.246 e. The van der Waals surface area contributed by atoms with Crippen LogP contribution in [0.15, 0.2) is 78.9 Å². The van der Waals surface area contributed by atoms with Crippen molar-refractivity contribution in [1.82, 2.24) is 14.8 Å². The summed E-state index contributed by atoms with van der Waals surface area (Å²) in [6, 6.07) is 25.0. The Hall–Kier alpha value is -4.06. The molecule has 2 amide bonds. The van der Waals surface area contributed by atoms with Crippen LogP contribution in [-0.2, 0) is 22.4 Å². The van der Waals surface area contributed by atoms with Gasteiger partial charge in [0.2, 0.25) is 11.8 Å². The summed E-state index contributed by atoms with van der Waals surface area (Å²) in [6.07, 6.45) is 1.22. The fourth-order valence-electron chi connectivity index (χ4n) is 5.64. The van der Waals surface area contributed by atoms with Crippen molar-refractivity contribution in [2.45, 2.75) is 24.9 Å². The highest BCUT2D eigenvalue weighted by atomic mass is 16.5. The molecule has 1 fully saturated rings. The van der Waals surface area contributed by atoms with Crippen LogP contribution in [0.3, 0.4) is 0 Å². The van der Waals surface area contributed by atoms with Gasteiger partial charge in [-0.3, -0.25) is 9.59 Å². The van der Waals surface area contributed by atoms with Crippen molar-refractivity contribution >= 4 is 22.7 Å². The molecule has 3 aromatic carbocycles. The Morgan fingerprint density at radius 2 is 1.69 bits per heavy atom. The monoisotopic (exact) mass is 465 g/mol. The lowest BCUT2D eigenvalue weighted by Crippen LogP contribution is -2.63. The lowest BCUT2D eigenvalue weighted by molar-refractivity contribution is -0.158. The molecule has 1 aromatic heterocycles. The molecule has 0 bridgehead atoms. The molecule has 176 valence electrons. The molecule has 2 atom stereocenters. The van der Waals surface area contributed by atoms with Gasteiger partial charge in [0.1, 0.15) is 17.8 Å². The lowest BCUT2D eigenvalue weighted by Gasteiger charge is -2.47. The van der Waals surface area contributed by atoms with Gasteiger partial charge in [0.15, 0.2) is 0 Å². The summed E-state index contributed by atoms with van der Waals surface area (Å²) in [5.74, 6) is 0.675. The number of H-pyrrole nitrogens is 1. The number of hydrogen-bond donors (Lipinski definition) is 1. The summed E-state index contributed by atoms with van der Waals surface area (Å²) in [7, 11) is 1.64. The van der Waals surface area contributed by atoms with E-state index >= 15 is 0 Å². The van der Waals surface area contributed by atoms with E-state index in [0.29, 0.717) is 18.7 Å². The van der Waals surface area contributed by atoms with Crippen LogP contribution in [-0.4, -0.2) is 52.8 Å². The van der Waals surface area contributed by atoms with Gasteiger partial charge in [-0.2, -0.15) is 0 Å². The number of methoxy groups -OCH3 is 1. The van der Waals surface area contributed by atoms with Gasteiger partial charge in [-0.05, 0) is 29.7 Å². The molecule has 0 aliphatic carbocycles. The number of aromatic nitrogens is 1. The minimum atomic E-state index is -0.548. The number of hydrogen-bond acceptors (Lipinski definition) is 3. The van der Waals surface area contributed by atoms with E-state index in [-0.39, 0.29) is 18.4 Å². The predicted octanol–water partition coefficient (Wildman–Crippen LogP) is 4.10. The number of nitrogens with zero attached hydrogens (tertiary/aromatic N) is 2. The second-order valence-corrected chi connectivity index (χ2v) is 9.22. The molecule has 1 saturated heterocycles. The van der Waals surface area contributed by atoms with Crippen LogP contribution in [0.5, 0.6) is 5.75 Å². The zero-order valence-corrected chi connectivity index (χ0v) is 19.6. The number of para-hydroxylation sites is 2. The molecular formula is C29H27N3O3. The van der Waals surface area contributed by atoms with Crippen molar-refractivity contribution in [3.8, 4) is 5.75 Å². The number of benzene rings is 3. The number of nitrogens with one attached hydrogen (secondary N) is 1. The van der Waals surface area contributed by atoms with E-state index in [9.17, 15) is 9.59 Å². The van der Waals surface area contributed by atoms with Crippen LogP contribution in [0.2, 0.25) is 0 Å². The van der Waals surface area contributed by atoms with Gasteiger partial charge in [0, 0.05) is 35.1 Å². The third kappa shape index (κ3) is 3.57. The number of fused-ring (bicyclic) bond motifs is 4. The summed E-state index contributed by atoms with van der Waals surface area (Å²) >= 11 is 0. The third-order valence-corrected chi connectivity index (χ3v) is 7.29. The van der Waals surface area contributed by atoms with Gasteiger partial charge in [-0.1, -0.05) is 66.7 Å². The molecule has 2 aliphatic rings. The molecular weight excluding hydrogens is 438 g/mol. The number of amides is 2. The topological polar surface area (TPSA) is 65.6 Å².